The first-order chi connectivity index (χ1) is 6.65. The normalized spacial score (nSPS) is 20.4. The van der Waals surface area contributed by atoms with Crippen molar-refractivity contribution in [2.24, 2.45) is 5.92 Å². The molecule has 1 fully saturated rings. The molecule has 3 nitrogen and oxygen atoms in total. The molecule has 0 heterocycles. The van der Waals surface area contributed by atoms with Crippen molar-refractivity contribution in [3.05, 3.63) is 0 Å². The van der Waals surface area contributed by atoms with E-state index in [0.29, 0.717) is 6.04 Å². The molecule has 82 valence electrons. The van der Waals surface area contributed by atoms with E-state index < -0.39 is 5.97 Å². The fourth-order valence-electron chi connectivity index (χ4n) is 1.74. The molecule has 1 saturated carbocycles. The van der Waals surface area contributed by atoms with E-state index in [2.05, 4.69) is 19.2 Å². The lowest BCUT2D eigenvalue weighted by Gasteiger charge is -2.19. The molecule has 14 heavy (non-hydrogen) atoms. The highest BCUT2D eigenvalue weighted by Gasteiger charge is 2.30. The van der Waals surface area contributed by atoms with Crippen molar-refractivity contribution in [3.8, 4) is 0 Å². The summed E-state index contributed by atoms with van der Waals surface area (Å²) in [7, 11) is 0. The molecule has 2 N–H and O–H groups in total. The fraction of sp³-hybridized carbons (Fsp3) is 0.909. The summed E-state index contributed by atoms with van der Waals surface area (Å²) in [6, 6.07) is 0.0264. The van der Waals surface area contributed by atoms with Crippen LogP contribution in [0.5, 0.6) is 0 Å². The average Bonchev–Trinajstić information content (AvgIpc) is 2.94. The van der Waals surface area contributed by atoms with Crippen molar-refractivity contribution < 1.29 is 9.90 Å². The van der Waals surface area contributed by atoms with Crippen molar-refractivity contribution in [1.29, 1.82) is 0 Å². The molecule has 1 aliphatic rings. The average molecular weight is 199 g/mol. The number of hydrogen-bond acceptors (Lipinski definition) is 2. The van der Waals surface area contributed by atoms with Gasteiger partial charge in [-0.05, 0) is 32.1 Å². The molecule has 2 unspecified atom stereocenters. The number of nitrogens with one attached hydrogen (secondary N) is 1. The van der Waals surface area contributed by atoms with Gasteiger partial charge in [0.1, 0.15) is 6.04 Å². The quantitative estimate of drug-likeness (QED) is 0.659. The number of carbonyl (C=O) groups is 1. The zero-order valence-electron chi connectivity index (χ0n) is 9.12. The van der Waals surface area contributed by atoms with Crippen LogP contribution >= 0.6 is 0 Å². The third kappa shape index (κ3) is 3.66. The molecule has 0 aromatic heterocycles. The highest BCUT2D eigenvalue weighted by atomic mass is 16.4. The Morgan fingerprint density at radius 3 is 2.64 bits per heavy atom. The molecule has 2 atom stereocenters. The van der Waals surface area contributed by atoms with Gasteiger partial charge in [0.2, 0.25) is 0 Å². The monoisotopic (exact) mass is 199 g/mol. The molecule has 3 heteroatoms. The molecule has 0 bridgehead atoms. The lowest BCUT2D eigenvalue weighted by atomic mass is 10.1. The molecule has 1 rings (SSSR count). The number of carboxylic acid groups (broad SMARTS) is 1. The maximum atomic E-state index is 10.9. The second-order valence-electron chi connectivity index (χ2n) is 4.33. The molecule has 0 amide bonds. The van der Waals surface area contributed by atoms with Crippen molar-refractivity contribution in [3.63, 3.8) is 0 Å². The molecule has 0 aliphatic heterocycles. The SMILES string of the molecule is CCCCC(NC(C)C1CC1)C(=O)O. The Kier molecular flexibility index (Phi) is 4.39. The summed E-state index contributed by atoms with van der Waals surface area (Å²) < 4.78 is 0. The Morgan fingerprint density at radius 1 is 1.57 bits per heavy atom. The number of unbranched alkanes of at least 4 members (excludes halogenated alkanes) is 1. The Labute approximate surface area is 85.9 Å². The van der Waals surface area contributed by atoms with E-state index in [1.165, 1.54) is 12.8 Å². The van der Waals surface area contributed by atoms with E-state index in [1.54, 1.807) is 0 Å². The van der Waals surface area contributed by atoms with Crippen LogP contribution < -0.4 is 5.32 Å². The van der Waals surface area contributed by atoms with Gasteiger partial charge in [0.25, 0.3) is 0 Å². The van der Waals surface area contributed by atoms with E-state index in [1.807, 2.05) is 0 Å². The van der Waals surface area contributed by atoms with Crippen molar-refractivity contribution >= 4 is 5.97 Å². The molecule has 0 saturated heterocycles. The standard InChI is InChI=1S/C11H21NO2/c1-3-4-5-10(11(13)14)12-8(2)9-6-7-9/h8-10,12H,3-7H2,1-2H3,(H,13,14). The van der Waals surface area contributed by atoms with Crippen LogP contribution in [-0.4, -0.2) is 23.2 Å². The van der Waals surface area contributed by atoms with Gasteiger partial charge in [-0.25, -0.2) is 0 Å². The second kappa shape index (κ2) is 5.35. The van der Waals surface area contributed by atoms with Crippen LogP contribution in [0.15, 0.2) is 0 Å². The van der Waals surface area contributed by atoms with Crippen LogP contribution in [0.2, 0.25) is 0 Å². The smallest absolute Gasteiger partial charge is 0.320 e. The number of aliphatic carboxylic acids is 1. The minimum atomic E-state index is -0.703. The number of carboxylic acids is 1. The molecule has 0 spiro atoms. The molecule has 0 aromatic carbocycles. The van der Waals surface area contributed by atoms with Gasteiger partial charge in [-0.3, -0.25) is 4.79 Å². The second-order valence-corrected chi connectivity index (χ2v) is 4.33. The first kappa shape index (κ1) is 11.5. The molecular formula is C11H21NO2. The molecule has 0 aromatic rings. The van der Waals surface area contributed by atoms with Gasteiger partial charge < -0.3 is 10.4 Å². The maximum Gasteiger partial charge on any atom is 0.320 e. The minimum absolute atomic E-state index is 0.342. The van der Waals surface area contributed by atoms with E-state index in [-0.39, 0.29) is 6.04 Å². The summed E-state index contributed by atoms with van der Waals surface area (Å²) in [5.41, 5.74) is 0. The van der Waals surface area contributed by atoms with Gasteiger partial charge in [0.15, 0.2) is 0 Å². The lowest BCUT2D eigenvalue weighted by Crippen LogP contribution is -2.42. The van der Waals surface area contributed by atoms with Gasteiger partial charge in [0, 0.05) is 6.04 Å². The first-order valence-corrected chi connectivity index (χ1v) is 5.64. The third-order valence-electron chi connectivity index (χ3n) is 2.94. The largest absolute Gasteiger partial charge is 0.480 e. The summed E-state index contributed by atoms with van der Waals surface area (Å²) >= 11 is 0. The predicted molar refractivity (Wildman–Crippen MR) is 56.3 cm³/mol. The Hall–Kier alpha value is -0.570. The van der Waals surface area contributed by atoms with Crippen LogP contribution in [0.3, 0.4) is 0 Å². The Bertz CT molecular complexity index is 190. The van der Waals surface area contributed by atoms with Crippen LogP contribution in [0, 0.1) is 5.92 Å². The lowest BCUT2D eigenvalue weighted by molar-refractivity contribution is -0.139. The topological polar surface area (TPSA) is 49.3 Å². The summed E-state index contributed by atoms with van der Waals surface area (Å²) in [5, 5.41) is 12.2. The molecular weight excluding hydrogens is 178 g/mol. The zero-order chi connectivity index (χ0) is 10.6. The summed E-state index contributed by atoms with van der Waals surface area (Å²) in [6.45, 7) is 4.18. The fourth-order valence-corrected chi connectivity index (χ4v) is 1.74. The van der Waals surface area contributed by atoms with E-state index >= 15 is 0 Å². The summed E-state index contributed by atoms with van der Waals surface area (Å²) in [4.78, 5) is 10.9. The zero-order valence-corrected chi connectivity index (χ0v) is 9.12. The van der Waals surface area contributed by atoms with E-state index in [4.69, 9.17) is 5.11 Å². The Morgan fingerprint density at radius 2 is 2.21 bits per heavy atom. The van der Waals surface area contributed by atoms with Gasteiger partial charge in [-0.1, -0.05) is 19.8 Å². The van der Waals surface area contributed by atoms with Crippen molar-refractivity contribution in [2.45, 2.75) is 58.0 Å². The van der Waals surface area contributed by atoms with Crippen LogP contribution in [0.25, 0.3) is 0 Å². The number of rotatable bonds is 7. The minimum Gasteiger partial charge on any atom is -0.480 e. The van der Waals surface area contributed by atoms with Crippen LogP contribution in [0.4, 0.5) is 0 Å². The van der Waals surface area contributed by atoms with Gasteiger partial charge in [-0.15, -0.1) is 0 Å². The number of hydrogen-bond donors (Lipinski definition) is 2. The highest BCUT2D eigenvalue weighted by Crippen LogP contribution is 2.32. The van der Waals surface area contributed by atoms with Crippen LogP contribution in [-0.2, 0) is 4.79 Å². The molecule has 0 radical (unpaired) electrons. The Balaban J connectivity index is 2.29. The highest BCUT2D eigenvalue weighted by molar-refractivity contribution is 5.73. The third-order valence-corrected chi connectivity index (χ3v) is 2.94. The summed E-state index contributed by atoms with van der Waals surface area (Å²) in [6.07, 6.45) is 5.32. The van der Waals surface area contributed by atoms with E-state index in [9.17, 15) is 4.79 Å². The maximum absolute atomic E-state index is 10.9. The van der Waals surface area contributed by atoms with Gasteiger partial charge >= 0.3 is 5.97 Å². The first-order valence-electron chi connectivity index (χ1n) is 5.64. The van der Waals surface area contributed by atoms with Crippen molar-refractivity contribution in [2.75, 3.05) is 0 Å². The summed E-state index contributed by atoms with van der Waals surface area (Å²) in [5.74, 6) is 0.0180. The van der Waals surface area contributed by atoms with Gasteiger partial charge in [0.05, 0.1) is 0 Å². The predicted octanol–water partition coefficient (Wildman–Crippen LogP) is 2.02. The van der Waals surface area contributed by atoms with Crippen LogP contribution in [0.1, 0.15) is 46.0 Å². The molecule has 1 aliphatic carbocycles. The van der Waals surface area contributed by atoms with Gasteiger partial charge in [-0.2, -0.15) is 0 Å². The van der Waals surface area contributed by atoms with Crippen molar-refractivity contribution in [1.82, 2.24) is 5.32 Å². The van der Waals surface area contributed by atoms with E-state index in [0.717, 1.165) is 25.2 Å².